The molecule has 31 heavy (non-hydrogen) atoms. The molecule has 0 aliphatic rings. The number of hydrogen-bond acceptors (Lipinski definition) is 6. The third kappa shape index (κ3) is 8.79. The van der Waals surface area contributed by atoms with Crippen LogP contribution >= 0.6 is 0 Å². The summed E-state index contributed by atoms with van der Waals surface area (Å²) in [6.07, 6.45) is 11.8. The molecule has 0 fully saturated rings. The van der Waals surface area contributed by atoms with Crippen LogP contribution < -0.4 is 5.63 Å². The van der Waals surface area contributed by atoms with Crippen LogP contribution in [0.15, 0.2) is 50.7 Å². The molecule has 1 rings (SSSR count). The lowest BCUT2D eigenvalue weighted by atomic mass is 9.99. The van der Waals surface area contributed by atoms with Crippen LogP contribution in [0.4, 0.5) is 0 Å². The molecule has 170 valence electrons. The van der Waals surface area contributed by atoms with Gasteiger partial charge in [0.25, 0.3) is 0 Å². The van der Waals surface area contributed by atoms with Gasteiger partial charge in [0.15, 0.2) is 5.78 Å². The van der Waals surface area contributed by atoms with E-state index in [1.54, 1.807) is 19.1 Å². The molecule has 1 aromatic heterocycles. The van der Waals surface area contributed by atoms with Gasteiger partial charge in [0, 0.05) is 12.0 Å². The van der Waals surface area contributed by atoms with Gasteiger partial charge in [-0.15, -0.1) is 0 Å². The van der Waals surface area contributed by atoms with Crippen molar-refractivity contribution in [2.75, 3.05) is 7.11 Å². The molecule has 0 aliphatic carbocycles. The molecule has 0 saturated carbocycles. The number of methoxy groups -OCH3 is 1. The van der Waals surface area contributed by atoms with E-state index in [0.717, 1.165) is 24.8 Å². The first kappa shape index (κ1) is 26.1. The van der Waals surface area contributed by atoms with Crippen LogP contribution in [-0.4, -0.2) is 24.0 Å². The topological polar surface area (TPSA) is 93.8 Å². The number of esters is 1. The third-order valence-corrected chi connectivity index (χ3v) is 5.01. The molecule has 1 heterocycles. The van der Waals surface area contributed by atoms with E-state index in [4.69, 9.17) is 4.42 Å². The van der Waals surface area contributed by atoms with Crippen LogP contribution in [0.5, 0.6) is 5.75 Å². The minimum atomic E-state index is -0.840. The molecule has 0 aromatic carbocycles. The molecule has 1 N–H and O–H groups in total. The van der Waals surface area contributed by atoms with E-state index >= 15 is 0 Å². The largest absolute Gasteiger partial charge is 0.507 e. The number of carbonyl (C=O) groups is 2. The average Bonchev–Trinajstić information content (AvgIpc) is 2.74. The van der Waals surface area contributed by atoms with Gasteiger partial charge in [-0.25, -0.2) is 4.79 Å². The van der Waals surface area contributed by atoms with Crippen molar-refractivity contribution >= 4 is 11.8 Å². The van der Waals surface area contributed by atoms with Gasteiger partial charge in [0.05, 0.1) is 13.5 Å². The first-order valence-electron chi connectivity index (χ1n) is 10.7. The minimum Gasteiger partial charge on any atom is -0.507 e. The van der Waals surface area contributed by atoms with E-state index in [2.05, 4.69) is 11.7 Å². The molecule has 0 bridgehead atoms. The Morgan fingerprint density at radius 3 is 2.55 bits per heavy atom. The fourth-order valence-electron chi connectivity index (χ4n) is 2.90. The van der Waals surface area contributed by atoms with E-state index in [9.17, 15) is 19.5 Å². The van der Waals surface area contributed by atoms with E-state index in [0.29, 0.717) is 24.2 Å². The zero-order chi connectivity index (χ0) is 23.4. The van der Waals surface area contributed by atoms with Gasteiger partial charge in [0.1, 0.15) is 17.1 Å². The third-order valence-electron chi connectivity index (χ3n) is 5.01. The number of carbonyl (C=O) groups excluding carboxylic acids is 2. The monoisotopic (exact) mass is 430 g/mol. The van der Waals surface area contributed by atoms with Crippen LogP contribution in [0, 0.1) is 0 Å². The first-order chi connectivity index (χ1) is 14.7. The summed E-state index contributed by atoms with van der Waals surface area (Å²) in [6, 6.07) is 1.34. The van der Waals surface area contributed by atoms with Gasteiger partial charge < -0.3 is 14.3 Å². The second kappa shape index (κ2) is 13.4. The number of ether oxygens (including phenoxy) is 1. The minimum absolute atomic E-state index is 0.147. The Balaban J connectivity index is 2.88. The van der Waals surface area contributed by atoms with Gasteiger partial charge in [-0.1, -0.05) is 50.1 Å². The fraction of sp³-hybridized carbons (Fsp3) is 0.480. The summed E-state index contributed by atoms with van der Waals surface area (Å²) in [6.45, 7) is 7.59. The Kier molecular flexibility index (Phi) is 11.3. The van der Waals surface area contributed by atoms with Crippen molar-refractivity contribution in [3.63, 3.8) is 0 Å². The second-order valence-electron chi connectivity index (χ2n) is 7.72. The molecular formula is C25H34O6. The smallest absolute Gasteiger partial charge is 0.351 e. The Morgan fingerprint density at radius 1 is 1.23 bits per heavy atom. The quantitative estimate of drug-likeness (QED) is 0.152. The normalized spacial score (nSPS) is 13.5. The molecule has 0 amide bonds. The molecule has 0 aliphatic heterocycles. The van der Waals surface area contributed by atoms with Gasteiger partial charge >= 0.3 is 11.6 Å². The molecule has 6 heteroatoms. The summed E-state index contributed by atoms with van der Waals surface area (Å²) < 4.78 is 9.90. The van der Waals surface area contributed by atoms with E-state index in [1.165, 1.54) is 13.2 Å². The summed E-state index contributed by atoms with van der Waals surface area (Å²) in [5.41, 5.74) is 0.319. The number of Topliss-reactive ketones (excluding diaryl/α,β-unsaturated/α-hetero) is 1. The molecule has 0 radical (unpaired) electrons. The lowest BCUT2D eigenvalue weighted by Crippen LogP contribution is -2.16. The Morgan fingerprint density at radius 2 is 1.94 bits per heavy atom. The Labute approximate surface area is 184 Å². The zero-order valence-electron chi connectivity index (χ0n) is 19.2. The van der Waals surface area contributed by atoms with Gasteiger partial charge in [-0.2, -0.15) is 0 Å². The fourth-order valence-corrected chi connectivity index (χ4v) is 2.90. The molecule has 1 aromatic rings. The molecule has 0 saturated heterocycles. The summed E-state index contributed by atoms with van der Waals surface area (Å²) >= 11 is 0. The standard InChI is InChI=1S/C25H34O6/c1-6-7-11-17(2)14-15-19(4)24(28)23-20(26)16-21(31-25(23)29)18(3)12-9-8-10-13-22(27)30-5/h8,10,14-16,18,26H,6-7,9,11-13H2,1-5H3/b10-8+,17-14+,19-15+. The van der Waals surface area contributed by atoms with Gasteiger partial charge in [-0.3, -0.25) is 9.59 Å². The van der Waals surface area contributed by atoms with Crippen molar-refractivity contribution in [3.8, 4) is 5.75 Å². The molecule has 0 spiro atoms. The summed E-state index contributed by atoms with van der Waals surface area (Å²) in [5.74, 6) is -1.06. The van der Waals surface area contributed by atoms with Crippen molar-refractivity contribution in [2.24, 2.45) is 0 Å². The highest BCUT2D eigenvalue weighted by molar-refractivity contribution is 6.09. The summed E-state index contributed by atoms with van der Waals surface area (Å²) in [4.78, 5) is 36.1. The number of allylic oxidation sites excluding steroid dienone is 5. The van der Waals surface area contributed by atoms with Crippen LogP contribution in [0.2, 0.25) is 0 Å². The maximum absolute atomic E-state index is 12.7. The maximum Gasteiger partial charge on any atom is 0.351 e. The highest BCUT2D eigenvalue weighted by Gasteiger charge is 2.21. The number of ketones is 1. The van der Waals surface area contributed by atoms with Crippen molar-refractivity contribution in [3.05, 3.63) is 63.3 Å². The zero-order valence-corrected chi connectivity index (χ0v) is 19.2. The van der Waals surface area contributed by atoms with Crippen LogP contribution in [0.25, 0.3) is 0 Å². The number of unbranched alkanes of at least 4 members (excludes halogenated alkanes) is 1. The first-order valence-corrected chi connectivity index (χ1v) is 10.7. The van der Waals surface area contributed by atoms with E-state index in [-0.39, 0.29) is 29.6 Å². The average molecular weight is 431 g/mol. The SMILES string of the molecule is CCCC/C(C)=C/C=C(\C)C(=O)c1c(O)cc(C(C)CC/C=C/CC(=O)OC)oc1=O. The van der Waals surface area contributed by atoms with E-state index < -0.39 is 11.4 Å². The highest BCUT2D eigenvalue weighted by atomic mass is 16.5. The number of aromatic hydroxyl groups is 1. The van der Waals surface area contributed by atoms with E-state index in [1.807, 2.05) is 26.0 Å². The van der Waals surface area contributed by atoms with Crippen molar-refractivity contribution in [1.82, 2.24) is 0 Å². The van der Waals surface area contributed by atoms with Crippen LogP contribution in [0.1, 0.15) is 88.3 Å². The predicted molar refractivity (Wildman–Crippen MR) is 121 cm³/mol. The predicted octanol–water partition coefficient (Wildman–Crippen LogP) is 5.61. The van der Waals surface area contributed by atoms with Crippen molar-refractivity contribution in [2.45, 2.75) is 72.1 Å². The summed E-state index contributed by atoms with van der Waals surface area (Å²) in [5, 5.41) is 10.3. The molecule has 6 nitrogen and oxygen atoms in total. The lowest BCUT2D eigenvalue weighted by molar-refractivity contribution is -0.139. The number of hydrogen-bond donors (Lipinski definition) is 1. The van der Waals surface area contributed by atoms with Crippen LogP contribution in [-0.2, 0) is 9.53 Å². The van der Waals surface area contributed by atoms with Crippen LogP contribution in [0.3, 0.4) is 0 Å². The highest BCUT2D eigenvalue weighted by Crippen LogP contribution is 2.26. The van der Waals surface area contributed by atoms with Gasteiger partial charge in [0.2, 0.25) is 0 Å². The summed E-state index contributed by atoms with van der Waals surface area (Å²) in [7, 11) is 1.34. The number of rotatable bonds is 12. The Bertz CT molecular complexity index is 901. The Hall–Kier alpha value is -2.89. The lowest BCUT2D eigenvalue weighted by Gasteiger charge is -2.11. The maximum atomic E-state index is 12.7. The second-order valence-corrected chi connectivity index (χ2v) is 7.72. The molecular weight excluding hydrogens is 396 g/mol. The van der Waals surface area contributed by atoms with Gasteiger partial charge in [-0.05, 0) is 45.1 Å². The molecule has 1 atom stereocenters. The van der Waals surface area contributed by atoms with Crippen molar-refractivity contribution < 1.29 is 23.8 Å². The van der Waals surface area contributed by atoms with Crippen molar-refractivity contribution in [1.29, 1.82) is 0 Å². The molecule has 1 unspecified atom stereocenters.